The standard InChI is InChI=1S/C19H19N3O4S/c1-13-6-8-16(9-7-13)27(25,26)22-19(24)20-11-10-15-12-14-4-2-3-5-17(14)21-18(15)23/h2-9,12H,10-11H2,1H3,(H,21,23)(H2,20,22,24). The van der Waals surface area contributed by atoms with Crippen molar-refractivity contribution in [3.63, 3.8) is 0 Å². The lowest BCUT2D eigenvalue weighted by atomic mass is 10.1. The van der Waals surface area contributed by atoms with Gasteiger partial charge in [-0.05, 0) is 43.0 Å². The summed E-state index contributed by atoms with van der Waals surface area (Å²) in [5, 5.41) is 3.35. The third kappa shape index (κ3) is 4.53. The summed E-state index contributed by atoms with van der Waals surface area (Å²) in [4.78, 5) is 26.8. The number of urea groups is 1. The summed E-state index contributed by atoms with van der Waals surface area (Å²) in [5.74, 6) is 0. The number of rotatable bonds is 5. The Balaban J connectivity index is 1.60. The molecule has 0 aliphatic carbocycles. The summed E-state index contributed by atoms with van der Waals surface area (Å²) in [6.07, 6.45) is 0.276. The van der Waals surface area contributed by atoms with E-state index in [2.05, 4.69) is 10.3 Å². The molecule has 3 rings (SSSR count). The first-order valence-electron chi connectivity index (χ1n) is 8.33. The second-order valence-electron chi connectivity index (χ2n) is 6.14. The predicted octanol–water partition coefficient (Wildman–Crippen LogP) is 2.07. The molecule has 1 aromatic heterocycles. The molecule has 27 heavy (non-hydrogen) atoms. The number of sulfonamides is 1. The van der Waals surface area contributed by atoms with Crippen LogP contribution >= 0.6 is 0 Å². The van der Waals surface area contributed by atoms with Crippen molar-refractivity contribution >= 4 is 27.0 Å². The van der Waals surface area contributed by atoms with Crippen molar-refractivity contribution in [1.29, 1.82) is 0 Å². The van der Waals surface area contributed by atoms with Crippen LogP contribution in [0.3, 0.4) is 0 Å². The summed E-state index contributed by atoms with van der Waals surface area (Å²) in [6.45, 7) is 1.96. The molecule has 8 heteroatoms. The first-order chi connectivity index (χ1) is 12.8. The molecular weight excluding hydrogens is 366 g/mol. The van der Waals surface area contributed by atoms with Crippen molar-refractivity contribution in [3.8, 4) is 0 Å². The van der Waals surface area contributed by atoms with E-state index in [0.29, 0.717) is 5.56 Å². The minimum absolute atomic E-state index is 0.00854. The fourth-order valence-corrected chi connectivity index (χ4v) is 3.55. The highest BCUT2D eigenvalue weighted by molar-refractivity contribution is 7.90. The topological polar surface area (TPSA) is 108 Å². The molecule has 3 aromatic rings. The van der Waals surface area contributed by atoms with Gasteiger partial charge in [-0.15, -0.1) is 0 Å². The number of fused-ring (bicyclic) bond motifs is 1. The van der Waals surface area contributed by atoms with Gasteiger partial charge in [-0.25, -0.2) is 17.9 Å². The number of pyridine rings is 1. The van der Waals surface area contributed by atoms with Gasteiger partial charge in [-0.2, -0.15) is 0 Å². The molecule has 0 spiro atoms. The summed E-state index contributed by atoms with van der Waals surface area (Å²) in [6, 6.07) is 14.5. The molecule has 3 N–H and O–H groups in total. The van der Waals surface area contributed by atoms with Crippen molar-refractivity contribution in [1.82, 2.24) is 15.0 Å². The second-order valence-corrected chi connectivity index (χ2v) is 7.82. The van der Waals surface area contributed by atoms with Crippen LogP contribution in [-0.4, -0.2) is 26.0 Å². The molecule has 2 amide bonds. The van der Waals surface area contributed by atoms with Gasteiger partial charge in [0.15, 0.2) is 0 Å². The number of aromatic amines is 1. The summed E-state index contributed by atoms with van der Waals surface area (Å²) < 4.78 is 26.3. The van der Waals surface area contributed by atoms with Gasteiger partial charge in [0.2, 0.25) is 0 Å². The Kier molecular flexibility index (Phi) is 5.27. The second kappa shape index (κ2) is 7.63. The number of hydrogen-bond donors (Lipinski definition) is 3. The van der Waals surface area contributed by atoms with E-state index in [-0.39, 0.29) is 23.4 Å². The van der Waals surface area contributed by atoms with Crippen molar-refractivity contribution in [2.45, 2.75) is 18.2 Å². The quantitative estimate of drug-likeness (QED) is 0.625. The Hall–Kier alpha value is -3.13. The van der Waals surface area contributed by atoms with Crippen LogP contribution in [0.25, 0.3) is 10.9 Å². The molecule has 0 radical (unpaired) electrons. The van der Waals surface area contributed by atoms with Crippen molar-refractivity contribution in [2.24, 2.45) is 0 Å². The van der Waals surface area contributed by atoms with Crippen molar-refractivity contribution < 1.29 is 13.2 Å². The molecule has 0 saturated heterocycles. The third-order valence-corrected chi connectivity index (χ3v) is 5.42. The molecule has 7 nitrogen and oxygen atoms in total. The molecule has 2 aromatic carbocycles. The van der Waals surface area contributed by atoms with Crippen LogP contribution in [0.1, 0.15) is 11.1 Å². The number of H-pyrrole nitrogens is 1. The van der Waals surface area contributed by atoms with E-state index in [9.17, 15) is 18.0 Å². The summed E-state index contributed by atoms with van der Waals surface area (Å²) in [7, 11) is -3.94. The van der Waals surface area contributed by atoms with Gasteiger partial charge in [-0.1, -0.05) is 35.9 Å². The van der Waals surface area contributed by atoms with Crippen LogP contribution < -0.4 is 15.6 Å². The zero-order valence-corrected chi connectivity index (χ0v) is 15.5. The van der Waals surface area contributed by atoms with Gasteiger partial charge in [0.1, 0.15) is 0 Å². The number of hydrogen-bond acceptors (Lipinski definition) is 4. The van der Waals surface area contributed by atoms with Crippen LogP contribution in [0.2, 0.25) is 0 Å². The molecule has 0 saturated carbocycles. The van der Waals surface area contributed by atoms with E-state index in [1.807, 2.05) is 35.9 Å². The number of aryl methyl sites for hydroxylation is 1. The van der Waals surface area contributed by atoms with Crippen LogP contribution in [0.5, 0.6) is 0 Å². The number of para-hydroxylation sites is 1. The molecular formula is C19H19N3O4S. The molecule has 0 aliphatic heterocycles. The van der Waals surface area contributed by atoms with Crippen LogP contribution in [0.4, 0.5) is 4.79 Å². The molecule has 0 bridgehead atoms. The van der Waals surface area contributed by atoms with Gasteiger partial charge in [0.05, 0.1) is 4.90 Å². The van der Waals surface area contributed by atoms with E-state index in [0.717, 1.165) is 16.5 Å². The summed E-state index contributed by atoms with van der Waals surface area (Å²) in [5.41, 5.74) is 1.93. The van der Waals surface area contributed by atoms with Crippen LogP contribution in [0, 0.1) is 6.92 Å². The Labute approximate surface area is 156 Å². The van der Waals surface area contributed by atoms with E-state index >= 15 is 0 Å². The first kappa shape index (κ1) is 18.7. The van der Waals surface area contributed by atoms with Gasteiger partial charge in [-0.3, -0.25) is 4.79 Å². The maximum Gasteiger partial charge on any atom is 0.328 e. The molecule has 0 fully saturated rings. The molecule has 140 valence electrons. The number of carbonyl (C=O) groups is 1. The molecule has 0 aliphatic rings. The van der Waals surface area contributed by atoms with Crippen molar-refractivity contribution in [3.05, 3.63) is 76.1 Å². The maximum absolute atomic E-state index is 12.2. The number of amides is 2. The Morgan fingerprint density at radius 2 is 1.78 bits per heavy atom. The summed E-state index contributed by atoms with van der Waals surface area (Å²) >= 11 is 0. The highest BCUT2D eigenvalue weighted by Gasteiger charge is 2.17. The third-order valence-electron chi connectivity index (χ3n) is 4.07. The minimum atomic E-state index is -3.94. The molecule has 0 unspecified atom stereocenters. The molecule has 0 atom stereocenters. The van der Waals surface area contributed by atoms with E-state index in [1.165, 1.54) is 12.1 Å². The largest absolute Gasteiger partial charge is 0.337 e. The van der Waals surface area contributed by atoms with Gasteiger partial charge in [0.25, 0.3) is 15.6 Å². The number of carbonyl (C=O) groups excluding carboxylic acids is 1. The maximum atomic E-state index is 12.2. The first-order valence-corrected chi connectivity index (χ1v) is 9.82. The number of nitrogens with one attached hydrogen (secondary N) is 3. The zero-order chi connectivity index (χ0) is 19.4. The predicted molar refractivity (Wildman–Crippen MR) is 103 cm³/mol. The zero-order valence-electron chi connectivity index (χ0n) is 14.7. The van der Waals surface area contributed by atoms with Gasteiger partial charge >= 0.3 is 6.03 Å². The normalized spacial score (nSPS) is 11.3. The van der Waals surface area contributed by atoms with E-state index < -0.39 is 16.1 Å². The van der Waals surface area contributed by atoms with Gasteiger partial charge in [0, 0.05) is 17.6 Å². The Morgan fingerprint density at radius 1 is 1.07 bits per heavy atom. The number of benzene rings is 2. The number of aromatic nitrogens is 1. The monoisotopic (exact) mass is 385 g/mol. The molecule has 1 heterocycles. The van der Waals surface area contributed by atoms with E-state index in [1.54, 1.807) is 18.2 Å². The Bertz CT molecular complexity index is 1140. The minimum Gasteiger partial charge on any atom is -0.337 e. The SMILES string of the molecule is Cc1ccc(S(=O)(=O)NC(=O)NCCc2cc3ccccc3[nH]c2=O)cc1. The van der Waals surface area contributed by atoms with Gasteiger partial charge < -0.3 is 10.3 Å². The lowest BCUT2D eigenvalue weighted by Gasteiger charge is -2.09. The van der Waals surface area contributed by atoms with Crippen LogP contribution in [-0.2, 0) is 16.4 Å². The lowest BCUT2D eigenvalue weighted by Crippen LogP contribution is -2.40. The van der Waals surface area contributed by atoms with Crippen LogP contribution in [0.15, 0.2) is 64.3 Å². The average molecular weight is 385 g/mol. The average Bonchev–Trinajstić information content (AvgIpc) is 2.62. The fraction of sp³-hybridized carbons (Fsp3) is 0.158. The van der Waals surface area contributed by atoms with Crippen molar-refractivity contribution in [2.75, 3.05) is 6.54 Å². The highest BCUT2D eigenvalue weighted by atomic mass is 32.2. The highest BCUT2D eigenvalue weighted by Crippen LogP contribution is 2.11. The Morgan fingerprint density at radius 3 is 2.52 bits per heavy atom. The lowest BCUT2D eigenvalue weighted by molar-refractivity contribution is 0.246. The van der Waals surface area contributed by atoms with E-state index in [4.69, 9.17) is 0 Å². The fourth-order valence-electron chi connectivity index (χ4n) is 2.62. The smallest absolute Gasteiger partial charge is 0.328 e.